The number of nitrogens with zero attached hydrogens (tertiary/aromatic N) is 3. The van der Waals surface area contributed by atoms with E-state index in [4.69, 9.17) is 20.7 Å². The SMILES string of the molecule is CC1(C)c2cc(N)ccc2-c2ccc(-c3ccc4cc(-c5ccc(-c6nc(-c7ccccc7)nc(-c7ccccc7)n6)cc5)ccc4c3)cc21. The third kappa shape index (κ3) is 5.13. The summed E-state index contributed by atoms with van der Waals surface area (Å²) in [5, 5.41) is 2.42. The summed E-state index contributed by atoms with van der Waals surface area (Å²) in [7, 11) is 0. The molecule has 1 aliphatic carbocycles. The fourth-order valence-electron chi connectivity index (χ4n) is 7.29. The molecule has 0 radical (unpaired) electrons. The van der Waals surface area contributed by atoms with Gasteiger partial charge in [-0.25, -0.2) is 15.0 Å². The lowest BCUT2D eigenvalue weighted by Gasteiger charge is -2.22. The number of nitrogens with two attached hydrogens (primary N) is 1. The number of hydrogen-bond donors (Lipinski definition) is 1. The van der Waals surface area contributed by atoms with E-state index >= 15 is 0 Å². The molecule has 1 heterocycles. The second-order valence-corrected chi connectivity index (χ2v) is 13.6. The third-order valence-electron chi connectivity index (χ3n) is 10.0. The molecule has 0 aliphatic heterocycles. The fourth-order valence-corrected chi connectivity index (χ4v) is 7.29. The van der Waals surface area contributed by atoms with E-state index in [0.717, 1.165) is 27.9 Å². The minimum Gasteiger partial charge on any atom is -0.399 e. The summed E-state index contributed by atoms with van der Waals surface area (Å²) >= 11 is 0. The van der Waals surface area contributed by atoms with Gasteiger partial charge in [-0.05, 0) is 85.6 Å². The molecular weight excluding hydrogens is 609 g/mol. The van der Waals surface area contributed by atoms with E-state index in [1.807, 2.05) is 66.7 Å². The summed E-state index contributed by atoms with van der Waals surface area (Å²) < 4.78 is 0. The van der Waals surface area contributed by atoms with Crippen molar-refractivity contribution in [3.63, 3.8) is 0 Å². The van der Waals surface area contributed by atoms with Crippen molar-refractivity contribution in [2.45, 2.75) is 19.3 Å². The van der Waals surface area contributed by atoms with Gasteiger partial charge in [-0.15, -0.1) is 0 Å². The van der Waals surface area contributed by atoms with Gasteiger partial charge in [-0.1, -0.05) is 141 Å². The monoisotopic (exact) mass is 642 g/mol. The first-order chi connectivity index (χ1) is 24.4. The Labute approximate surface area is 292 Å². The third-order valence-corrected chi connectivity index (χ3v) is 10.0. The second kappa shape index (κ2) is 11.6. The molecule has 4 heteroatoms. The van der Waals surface area contributed by atoms with Crippen molar-refractivity contribution in [2.75, 3.05) is 5.73 Å². The highest BCUT2D eigenvalue weighted by atomic mass is 15.0. The molecule has 9 rings (SSSR count). The number of aromatic nitrogens is 3. The van der Waals surface area contributed by atoms with Gasteiger partial charge in [0.1, 0.15) is 0 Å². The maximum Gasteiger partial charge on any atom is 0.164 e. The number of nitrogen functional groups attached to an aromatic ring is 1. The van der Waals surface area contributed by atoms with Crippen LogP contribution in [-0.4, -0.2) is 15.0 Å². The summed E-state index contributed by atoms with van der Waals surface area (Å²) in [6.45, 7) is 4.59. The average molecular weight is 643 g/mol. The fraction of sp³-hybridized carbons (Fsp3) is 0.0652. The predicted molar refractivity (Wildman–Crippen MR) is 206 cm³/mol. The van der Waals surface area contributed by atoms with Crippen LogP contribution in [0.3, 0.4) is 0 Å². The average Bonchev–Trinajstić information content (AvgIpc) is 3.39. The van der Waals surface area contributed by atoms with Gasteiger partial charge < -0.3 is 5.73 Å². The molecule has 0 saturated heterocycles. The lowest BCUT2D eigenvalue weighted by molar-refractivity contribution is 0.661. The van der Waals surface area contributed by atoms with Gasteiger partial charge in [0.05, 0.1) is 0 Å². The van der Waals surface area contributed by atoms with Crippen molar-refractivity contribution >= 4 is 16.5 Å². The molecule has 2 N–H and O–H groups in total. The van der Waals surface area contributed by atoms with Crippen LogP contribution in [0.5, 0.6) is 0 Å². The Hall–Kier alpha value is -6.39. The molecule has 0 fully saturated rings. The van der Waals surface area contributed by atoms with Crippen molar-refractivity contribution in [1.29, 1.82) is 0 Å². The molecule has 0 unspecified atom stereocenters. The molecule has 4 nitrogen and oxygen atoms in total. The second-order valence-electron chi connectivity index (χ2n) is 13.6. The topological polar surface area (TPSA) is 64.7 Å². The van der Waals surface area contributed by atoms with Crippen LogP contribution >= 0.6 is 0 Å². The number of anilines is 1. The Bertz CT molecular complexity index is 2500. The summed E-state index contributed by atoms with van der Waals surface area (Å²) in [6, 6.07) is 55.3. The van der Waals surface area contributed by atoms with Crippen molar-refractivity contribution in [2.24, 2.45) is 0 Å². The van der Waals surface area contributed by atoms with E-state index in [9.17, 15) is 0 Å². The van der Waals surface area contributed by atoms with Crippen LogP contribution in [0.25, 0.3) is 78.3 Å². The molecule has 7 aromatic carbocycles. The van der Waals surface area contributed by atoms with E-state index in [1.54, 1.807) is 0 Å². The summed E-state index contributed by atoms with van der Waals surface area (Å²) in [5.74, 6) is 1.97. The van der Waals surface area contributed by atoms with E-state index in [1.165, 1.54) is 49.7 Å². The first-order valence-corrected chi connectivity index (χ1v) is 17.0. The van der Waals surface area contributed by atoms with E-state index < -0.39 is 0 Å². The number of hydrogen-bond acceptors (Lipinski definition) is 4. The van der Waals surface area contributed by atoms with Crippen molar-refractivity contribution < 1.29 is 0 Å². The van der Waals surface area contributed by atoms with Crippen LogP contribution in [0.2, 0.25) is 0 Å². The zero-order valence-corrected chi connectivity index (χ0v) is 27.9. The van der Waals surface area contributed by atoms with E-state index in [0.29, 0.717) is 17.5 Å². The first kappa shape index (κ1) is 29.7. The molecule has 8 aromatic rings. The van der Waals surface area contributed by atoms with Gasteiger partial charge in [0.2, 0.25) is 0 Å². The molecule has 1 aliphatic rings. The van der Waals surface area contributed by atoms with Gasteiger partial charge in [0.15, 0.2) is 17.5 Å². The van der Waals surface area contributed by atoms with Crippen LogP contribution in [0.15, 0.2) is 158 Å². The molecular formula is C46H34N4. The molecule has 50 heavy (non-hydrogen) atoms. The highest BCUT2D eigenvalue weighted by Crippen LogP contribution is 2.50. The maximum atomic E-state index is 6.18. The number of benzene rings is 7. The van der Waals surface area contributed by atoms with Gasteiger partial charge in [-0.2, -0.15) is 0 Å². The largest absolute Gasteiger partial charge is 0.399 e. The Balaban J connectivity index is 1.02. The first-order valence-electron chi connectivity index (χ1n) is 17.0. The maximum absolute atomic E-state index is 6.18. The highest BCUT2D eigenvalue weighted by Gasteiger charge is 2.35. The number of fused-ring (bicyclic) bond motifs is 4. The van der Waals surface area contributed by atoms with Crippen molar-refractivity contribution in [1.82, 2.24) is 15.0 Å². The Morgan fingerprint density at radius 3 is 1.34 bits per heavy atom. The molecule has 0 bridgehead atoms. The van der Waals surface area contributed by atoms with E-state index in [-0.39, 0.29) is 5.41 Å². The molecule has 0 saturated carbocycles. The van der Waals surface area contributed by atoms with Crippen LogP contribution < -0.4 is 5.73 Å². The standard InChI is InChI=1S/C46H34N4/c1-46(2)41-27-37(21-23-39(41)40-24-22-38(47)28-42(40)46)36-20-19-34-25-33(17-18-35(34)26-36)29-13-15-32(16-14-29)45-49-43(30-9-5-3-6-10-30)48-44(50-45)31-11-7-4-8-12-31/h3-28H,47H2,1-2H3. The molecule has 0 atom stereocenters. The lowest BCUT2D eigenvalue weighted by atomic mass is 9.81. The van der Waals surface area contributed by atoms with E-state index in [2.05, 4.69) is 105 Å². The van der Waals surface area contributed by atoms with Crippen molar-refractivity contribution in [3.8, 4) is 67.5 Å². The summed E-state index contributed by atoms with van der Waals surface area (Å²) in [6.07, 6.45) is 0. The van der Waals surface area contributed by atoms with Crippen molar-refractivity contribution in [3.05, 3.63) is 169 Å². The van der Waals surface area contributed by atoms with Gasteiger partial charge in [-0.3, -0.25) is 0 Å². The molecule has 0 amide bonds. The zero-order valence-electron chi connectivity index (χ0n) is 27.9. The smallest absolute Gasteiger partial charge is 0.164 e. The van der Waals surface area contributed by atoms with Crippen LogP contribution in [0.1, 0.15) is 25.0 Å². The van der Waals surface area contributed by atoms with Gasteiger partial charge in [0.25, 0.3) is 0 Å². The van der Waals surface area contributed by atoms with Crippen LogP contribution in [0.4, 0.5) is 5.69 Å². The Morgan fingerprint density at radius 2 is 0.780 bits per heavy atom. The predicted octanol–water partition coefficient (Wildman–Crippen LogP) is 11.2. The summed E-state index contributed by atoms with van der Waals surface area (Å²) in [5.41, 5.74) is 19.7. The Kier molecular flexibility index (Phi) is 6.92. The quantitative estimate of drug-likeness (QED) is 0.190. The van der Waals surface area contributed by atoms with Gasteiger partial charge >= 0.3 is 0 Å². The summed E-state index contributed by atoms with van der Waals surface area (Å²) in [4.78, 5) is 14.6. The van der Waals surface area contributed by atoms with Crippen LogP contribution in [-0.2, 0) is 5.41 Å². The number of rotatable bonds is 5. The normalized spacial score (nSPS) is 12.8. The Morgan fingerprint density at radius 1 is 0.380 bits per heavy atom. The molecule has 238 valence electrons. The van der Waals surface area contributed by atoms with Gasteiger partial charge in [0, 0.05) is 27.8 Å². The minimum atomic E-state index is -0.102. The molecule has 1 aromatic heterocycles. The highest BCUT2D eigenvalue weighted by molar-refractivity contribution is 5.92. The lowest BCUT2D eigenvalue weighted by Crippen LogP contribution is -2.15. The van der Waals surface area contributed by atoms with Crippen LogP contribution in [0, 0.1) is 0 Å². The zero-order chi connectivity index (χ0) is 33.8. The minimum absolute atomic E-state index is 0.102. The molecule has 0 spiro atoms.